The van der Waals surface area contributed by atoms with Gasteiger partial charge in [-0.3, -0.25) is 0 Å². The van der Waals surface area contributed by atoms with Gasteiger partial charge in [-0.1, -0.05) is 18.2 Å². The molecule has 0 spiro atoms. The molecule has 0 saturated carbocycles. The summed E-state index contributed by atoms with van der Waals surface area (Å²) in [6, 6.07) is 9.59. The van der Waals surface area contributed by atoms with E-state index in [-0.39, 0.29) is 0 Å². The molecule has 0 aliphatic heterocycles. The first-order chi connectivity index (χ1) is 8.33. The van der Waals surface area contributed by atoms with E-state index < -0.39 is 6.10 Å². The fourth-order valence-corrected chi connectivity index (χ4v) is 1.85. The number of fused-ring (bicyclic) bond motifs is 1. The molecule has 0 amide bonds. The number of para-hydroxylation sites is 1. The Kier molecular flexibility index (Phi) is 2.42. The Labute approximate surface area is 98.1 Å². The second-order valence-electron chi connectivity index (χ2n) is 3.96. The summed E-state index contributed by atoms with van der Waals surface area (Å²) in [4.78, 5) is 3.93. The molecule has 3 rings (SSSR count). The van der Waals surface area contributed by atoms with Crippen LogP contribution in [0.1, 0.15) is 11.9 Å². The van der Waals surface area contributed by atoms with Gasteiger partial charge in [0.25, 0.3) is 0 Å². The Hall–Kier alpha value is -2.07. The lowest BCUT2D eigenvalue weighted by molar-refractivity contribution is 0.132. The topological polar surface area (TPSA) is 51.2 Å². The lowest BCUT2D eigenvalue weighted by Crippen LogP contribution is -2.05. The molecule has 3 aromatic rings. The molecule has 2 heterocycles. The van der Waals surface area contributed by atoms with E-state index in [4.69, 9.17) is 4.42 Å². The molecule has 0 radical (unpaired) electrons. The zero-order valence-corrected chi connectivity index (χ0v) is 9.15. The van der Waals surface area contributed by atoms with Crippen LogP contribution in [0.25, 0.3) is 11.0 Å². The van der Waals surface area contributed by atoms with Crippen molar-refractivity contribution in [1.29, 1.82) is 0 Å². The minimum Gasteiger partial charge on any atom is -0.458 e. The average molecular weight is 228 g/mol. The van der Waals surface area contributed by atoms with Crippen LogP contribution in [0.2, 0.25) is 0 Å². The Bertz CT molecular complexity index is 580. The third-order valence-electron chi connectivity index (χ3n) is 2.72. The van der Waals surface area contributed by atoms with Crippen LogP contribution in [0.3, 0.4) is 0 Å². The van der Waals surface area contributed by atoms with Crippen molar-refractivity contribution in [3.63, 3.8) is 0 Å². The standard InChI is InChI=1S/C13H12N2O2/c16-11(8-15-6-5-14-9-15)13-7-10-3-1-2-4-12(10)17-13/h1-7,9,11,16H,8H2. The van der Waals surface area contributed by atoms with Gasteiger partial charge in [0.2, 0.25) is 0 Å². The molecule has 2 aromatic heterocycles. The molecule has 0 fully saturated rings. The third kappa shape index (κ3) is 1.94. The third-order valence-corrected chi connectivity index (χ3v) is 2.72. The molecule has 4 nitrogen and oxygen atoms in total. The van der Waals surface area contributed by atoms with Gasteiger partial charge in [0.1, 0.15) is 17.4 Å². The predicted molar refractivity (Wildman–Crippen MR) is 63.4 cm³/mol. The van der Waals surface area contributed by atoms with Crippen LogP contribution in [0.15, 0.2) is 53.5 Å². The number of hydrogen-bond donors (Lipinski definition) is 1. The van der Waals surface area contributed by atoms with Gasteiger partial charge in [-0.05, 0) is 12.1 Å². The first kappa shape index (κ1) is 10.1. The molecule has 0 aliphatic rings. The van der Waals surface area contributed by atoms with Gasteiger partial charge in [-0.15, -0.1) is 0 Å². The summed E-state index contributed by atoms with van der Waals surface area (Å²) in [5.41, 5.74) is 0.798. The molecule has 1 atom stereocenters. The zero-order chi connectivity index (χ0) is 11.7. The lowest BCUT2D eigenvalue weighted by atomic mass is 10.2. The molecule has 4 heteroatoms. The van der Waals surface area contributed by atoms with E-state index in [1.165, 1.54) is 0 Å². The Balaban J connectivity index is 1.88. The Morgan fingerprint density at radius 1 is 1.35 bits per heavy atom. The van der Waals surface area contributed by atoms with Gasteiger partial charge < -0.3 is 14.1 Å². The summed E-state index contributed by atoms with van der Waals surface area (Å²) < 4.78 is 7.41. The number of hydrogen-bond acceptors (Lipinski definition) is 3. The fourth-order valence-electron chi connectivity index (χ4n) is 1.85. The Morgan fingerprint density at radius 3 is 3.00 bits per heavy atom. The van der Waals surface area contributed by atoms with Crippen LogP contribution < -0.4 is 0 Å². The minimum absolute atomic E-state index is 0.444. The molecule has 0 bridgehead atoms. The van der Waals surface area contributed by atoms with Crippen LogP contribution in [-0.2, 0) is 6.54 Å². The number of rotatable bonds is 3. The normalized spacial score (nSPS) is 13.0. The average Bonchev–Trinajstić information content (AvgIpc) is 2.96. The summed E-state index contributed by atoms with van der Waals surface area (Å²) in [5, 5.41) is 11.1. The highest BCUT2D eigenvalue weighted by Crippen LogP contribution is 2.24. The van der Waals surface area contributed by atoms with Crippen molar-refractivity contribution in [2.45, 2.75) is 12.6 Å². The lowest BCUT2D eigenvalue weighted by Gasteiger charge is -2.07. The SMILES string of the molecule is OC(Cn1ccnc1)c1cc2ccccc2o1. The number of aromatic nitrogens is 2. The maximum absolute atomic E-state index is 10.1. The first-order valence-electron chi connectivity index (χ1n) is 5.45. The smallest absolute Gasteiger partial charge is 0.135 e. The second kappa shape index (κ2) is 4.07. The molecule has 86 valence electrons. The quantitative estimate of drug-likeness (QED) is 0.748. The van der Waals surface area contributed by atoms with Gasteiger partial charge in [0.15, 0.2) is 0 Å². The van der Waals surface area contributed by atoms with Crippen molar-refractivity contribution >= 4 is 11.0 Å². The van der Waals surface area contributed by atoms with E-state index >= 15 is 0 Å². The fraction of sp³-hybridized carbons (Fsp3) is 0.154. The zero-order valence-electron chi connectivity index (χ0n) is 9.15. The van der Waals surface area contributed by atoms with E-state index in [1.54, 1.807) is 12.5 Å². The number of imidazole rings is 1. The molecular formula is C13H12N2O2. The van der Waals surface area contributed by atoms with Gasteiger partial charge in [0, 0.05) is 17.8 Å². The maximum atomic E-state index is 10.1. The Morgan fingerprint density at radius 2 is 2.24 bits per heavy atom. The molecular weight excluding hydrogens is 216 g/mol. The van der Waals surface area contributed by atoms with Crippen molar-refractivity contribution < 1.29 is 9.52 Å². The largest absolute Gasteiger partial charge is 0.458 e. The van der Waals surface area contributed by atoms with Crippen molar-refractivity contribution in [3.8, 4) is 0 Å². The molecule has 1 unspecified atom stereocenters. The maximum Gasteiger partial charge on any atom is 0.135 e. The van der Waals surface area contributed by atoms with Crippen LogP contribution in [-0.4, -0.2) is 14.7 Å². The summed E-state index contributed by atoms with van der Waals surface area (Å²) in [5.74, 6) is 0.583. The summed E-state index contributed by atoms with van der Waals surface area (Å²) in [6.45, 7) is 0.444. The summed E-state index contributed by atoms with van der Waals surface area (Å²) in [7, 11) is 0. The highest BCUT2D eigenvalue weighted by atomic mass is 16.4. The number of aliphatic hydroxyl groups excluding tert-OH is 1. The first-order valence-corrected chi connectivity index (χ1v) is 5.45. The molecule has 1 N–H and O–H groups in total. The van der Waals surface area contributed by atoms with E-state index in [9.17, 15) is 5.11 Å². The molecule has 0 aliphatic carbocycles. The number of nitrogens with zero attached hydrogens (tertiary/aromatic N) is 2. The van der Waals surface area contributed by atoms with Crippen molar-refractivity contribution in [2.75, 3.05) is 0 Å². The predicted octanol–water partition coefficient (Wildman–Crippen LogP) is 2.36. The van der Waals surface area contributed by atoms with Crippen LogP contribution in [0.4, 0.5) is 0 Å². The van der Waals surface area contributed by atoms with E-state index in [1.807, 2.05) is 41.1 Å². The van der Waals surface area contributed by atoms with Gasteiger partial charge in [-0.25, -0.2) is 4.98 Å². The monoisotopic (exact) mass is 228 g/mol. The molecule has 1 aromatic carbocycles. The van der Waals surface area contributed by atoms with Gasteiger partial charge in [-0.2, -0.15) is 0 Å². The van der Waals surface area contributed by atoms with E-state index in [2.05, 4.69) is 4.98 Å². The number of aliphatic hydroxyl groups is 1. The second-order valence-corrected chi connectivity index (χ2v) is 3.96. The molecule has 17 heavy (non-hydrogen) atoms. The summed E-state index contributed by atoms with van der Waals surface area (Å²) >= 11 is 0. The molecule has 0 saturated heterocycles. The summed E-state index contributed by atoms with van der Waals surface area (Å²) in [6.07, 6.45) is 4.51. The van der Waals surface area contributed by atoms with Gasteiger partial charge in [0.05, 0.1) is 12.9 Å². The highest BCUT2D eigenvalue weighted by Gasteiger charge is 2.13. The number of furan rings is 1. The number of benzene rings is 1. The van der Waals surface area contributed by atoms with E-state index in [0.717, 1.165) is 11.0 Å². The van der Waals surface area contributed by atoms with Crippen molar-refractivity contribution in [3.05, 3.63) is 54.8 Å². The van der Waals surface area contributed by atoms with Crippen LogP contribution in [0.5, 0.6) is 0 Å². The highest BCUT2D eigenvalue weighted by molar-refractivity contribution is 5.77. The van der Waals surface area contributed by atoms with Gasteiger partial charge >= 0.3 is 0 Å². The van der Waals surface area contributed by atoms with Crippen LogP contribution in [0, 0.1) is 0 Å². The van der Waals surface area contributed by atoms with Crippen molar-refractivity contribution in [1.82, 2.24) is 9.55 Å². The van der Waals surface area contributed by atoms with E-state index in [0.29, 0.717) is 12.3 Å². The van der Waals surface area contributed by atoms with Crippen molar-refractivity contribution in [2.24, 2.45) is 0 Å². The van der Waals surface area contributed by atoms with Crippen LogP contribution >= 0.6 is 0 Å². The minimum atomic E-state index is -0.656.